The van der Waals surface area contributed by atoms with Crippen molar-refractivity contribution in [1.82, 2.24) is 14.7 Å². The number of amides is 1. The molecule has 4 rings (SSSR count). The van der Waals surface area contributed by atoms with E-state index in [9.17, 15) is 4.79 Å². The summed E-state index contributed by atoms with van der Waals surface area (Å²) in [6, 6.07) is 7.21. The largest absolute Gasteiger partial charge is 0.483 e. The second-order valence-corrected chi connectivity index (χ2v) is 7.95. The second kappa shape index (κ2) is 9.89. The van der Waals surface area contributed by atoms with Gasteiger partial charge in [0.15, 0.2) is 0 Å². The Hall–Kier alpha value is -2.38. The number of hydrogen-bond acceptors (Lipinski definition) is 4. The third-order valence-electron chi connectivity index (χ3n) is 5.26. The summed E-state index contributed by atoms with van der Waals surface area (Å²) < 4.78 is 8.01. The summed E-state index contributed by atoms with van der Waals surface area (Å²) in [6.07, 6.45) is 8.14. The minimum atomic E-state index is -0.250. The summed E-state index contributed by atoms with van der Waals surface area (Å²) in [4.78, 5) is 23.4. The van der Waals surface area contributed by atoms with Crippen molar-refractivity contribution in [3.63, 3.8) is 0 Å². The van der Waals surface area contributed by atoms with Crippen molar-refractivity contribution < 1.29 is 19.4 Å². The summed E-state index contributed by atoms with van der Waals surface area (Å²) in [5.41, 5.74) is 1.76. The van der Waals surface area contributed by atoms with Crippen LogP contribution < -0.4 is 0 Å². The van der Waals surface area contributed by atoms with Gasteiger partial charge in [-0.15, -0.1) is 0 Å². The average Bonchev–Trinajstić information content (AvgIpc) is 3.31. The Morgan fingerprint density at radius 1 is 1.38 bits per heavy atom. The third-order valence-corrected chi connectivity index (χ3v) is 5.50. The second-order valence-electron chi connectivity index (χ2n) is 7.51. The van der Waals surface area contributed by atoms with E-state index in [-0.39, 0.29) is 24.5 Å². The topological polar surface area (TPSA) is 84.7 Å². The van der Waals surface area contributed by atoms with Crippen molar-refractivity contribution in [3.05, 3.63) is 52.8 Å². The first-order chi connectivity index (χ1) is 14.0. The molecule has 8 heteroatoms. The normalized spacial score (nSPS) is 20.8. The molecule has 0 radical (unpaired) electrons. The van der Waals surface area contributed by atoms with Crippen LogP contribution in [0, 0.1) is 5.92 Å². The van der Waals surface area contributed by atoms with Crippen LogP contribution in [0.1, 0.15) is 35.2 Å². The van der Waals surface area contributed by atoms with Crippen LogP contribution in [0.2, 0.25) is 5.02 Å². The number of aromatic nitrogens is 2. The molecule has 1 saturated heterocycles. The van der Waals surface area contributed by atoms with Crippen LogP contribution in [0.4, 0.5) is 0 Å². The monoisotopic (exact) mass is 419 g/mol. The lowest BCUT2D eigenvalue weighted by Gasteiger charge is -2.28. The molecule has 0 spiro atoms. The van der Waals surface area contributed by atoms with Crippen molar-refractivity contribution in [3.8, 4) is 0 Å². The molecule has 1 aliphatic carbocycles. The molecular weight excluding hydrogens is 394 g/mol. The number of carboxylic acid groups (broad SMARTS) is 1. The zero-order valence-electron chi connectivity index (χ0n) is 16.4. The van der Waals surface area contributed by atoms with Gasteiger partial charge in [-0.05, 0) is 55.4 Å². The van der Waals surface area contributed by atoms with Crippen LogP contribution in [0.5, 0.6) is 0 Å². The Labute approximate surface area is 175 Å². The third kappa shape index (κ3) is 5.81. The minimum absolute atomic E-state index is 0.0268. The molecular formula is C21H26ClN3O4. The molecule has 0 unspecified atom stereocenters. The first-order valence-corrected chi connectivity index (χ1v) is 10.1. The maximum atomic E-state index is 13.1. The maximum Gasteiger partial charge on any atom is 0.290 e. The molecule has 0 bridgehead atoms. The van der Waals surface area contributed by atoms with Crippen LogP contribution >= 0.6 is 11.6 Å². The van der Waals surface area contributed by atoms with Crippen molar-refractivity contribution in [2.45, 2.75) is 37.8 Å². The zero-order valence-corrected chi connectivity index (χ0v) is 17.2. The number of nitrogens with zero attached hydrogens (tertiary/aromatic N) is 3. The highest BCUT2D eigenvalue weighted by molar-refractivity contribution is 6.30. The number of benzene rings is 1. The quantitative estimate of drug-likeness (QED) is 0.727. The van der Waals surface area contributed by atoms with E-state index in [1.165, 1.54) is 12.8 Å². The molecule has 1 amide bonds. The van der Waals surface area contributed by atoms with E-state index < -0.39 is 0 Å². The number of carbonyl (C=O) groups excluding carboxylic acids is 1. The number of aryl methyl sites for hydroxylation is 1. The molecule has 2 atom stereocenters. The molecule has 2 aliphatic rings. The van der Waals surface area contributed by atoms with E-state index in [1.54, 1.807) is 16.8 Å². The van der Waals surface area contributed by atoms with Crippen LogP contribution in [0.3, 0.4) is 0 Å². The summed E-state index contributed by atoms with van der Waals surface area (Å²) in [7, 11) is 1.91. The first-order valence-electron chi connectivity index (χ1n) is 9.75. The van der Waals surface area contributed by atoms with Gasteiger partial charge in [-0.1, -0.05) is 17.7 Å². The van der Waals surface area contributed by atoms with Gasteiger partial charge in [0, 0.05) is 37.0 Å². The number of hydrogen-bond donors (Lipinski definition) is 1. The number of ether oxygens (including phenoxy) is 1. The fourth-order valence-electron chi connectivity index (χ4n) is 3.66. The predicted molar refractivity (Wildman–Crippen MR) is 109 cm³/mol. The van der Waals surface area contributed by atoms with Gasteiger partial charge in [-0.3, -0.25) is 14.3 Å². The molecule has 156 valence electrons. The summed E-state index contributed by atoms with van der Waals surface area (Å²) in [6.45, 7) is 1.28. The molecule has 1 aromatic carbocycles. The summed E-state index contributed by atoms with van der Waals surface area (Å²) in [5.74, 6) is 0.741. The molecule has 29 heavy (non-hydrogen) atoms. The SMILES string of the molecule is Cn1cc(C[C@H]2[C@H](OCC3CC3)CCN2C(=O)c2cccc(Cl)c2)cn1.O=CO. The standard InChI is InChI=1S/C20H24ClN3O2.CH2O2/c1-23-12-15(11-22-23)9-18-19(26-13-14-5-6-14)7-8-24(18)20(25)16-3-2-4-17(21)10-16;2-1-3/h2-4,10-12,14,18-19H,5-9,13H2,1H3;1H,(H,2,3)/t18-,19+;/m0./s1. The Morgan fingerprint density at radius 3 is 2.76 bits per heavy atom. The number of halogens is 1. The van der Waals surface area contributed by atoms with E-state index in [0.29, 0.717) is 23.0 Å². The Kier molecular flexibility index (Phi) is 7.28. The van der Waals surface area contributed by atoms with E-state index in [0.717, 1.165) is 25.0 Å². The first kappa shape index (κ1) is 21.3. The minimum Gasteiger partial charge on any atom is -0.483 e. The predicted octanol–water partition coefficient (Wildman–Crippen LogP) is 3.03. The average molecular weight is 420 g/mol. The van der Waals surface area contributed by atoms with Gasteiger partial charge in [0.25, 0.3) is 12.4 Å². The number of likely N-dealkylation sites (tertiary alicyclic amines) is 1. The highest BCUT2D eigenvalue weighted by atomic mass is 35.5. The summed E-state index contributed by atoms with van der Waals surface area (Å²) >= 11 is 6.08. The van der Waals surface area contributed by atoms with Crippen molar-refractivity contribution >= 4 is 24.0 Å². The molecule has 7 nitrogen and oxygen atoms in total. The van der Waals surface area contributed by atoms with Gasteiger partial charge < -0.3 is 14.7 Å². The van der Waals surface area contributed by atoms with Crippen molar-refractivity contribution in [2.24, 2.45) is 13.0 Å². The molecule has 1 N–H and O–H groups in total. The van der Waals surface area contributed by atoms with Gasteiger partial charge in [0.05, 0.1) is 18.3 Å². The van der Waals surface area contributed by atoms with Gasteiger partial charge >= 0.3 is 0 Å². The molecule has 2 aromatic rings. The molecule has 2 fully saturated rings. The lowest BCUT2D eigenvalue weighted by atomic mass is 10.0. The van der Waals surface area contributed by atoms with Crippen LogP contribution in [-0.2, 0) is 23.0 Å². The Morgan fingerprint density at radius 2 is 2.14 bits per heavy atom. The highest BCUT2D eigenvalue weighted by Gasteiger charge is 2.39. The summed E-state index contributed by atoms with van der Waals surface area (Å²) in [5, 5.41) is 11.7. The van der Waals surface area contributed by atoms with E-state index in [4.69, 9.17) is 26.2 Å². The van der Waals surface area contributed by atoms with Crippen molar-refractivity contribution in [2.75, 3.05) is 13.2 Å². The Balaban J connectivity index is 0.000000755. The number of rotatable bonds is 6. The van der Waals surface area contributed by atoms with Gasteiger partial charge in [-0.2, -0.15) is 5.10 Å². The molecule has 1 aromatic heterocycles. The molecule has 2 heterocycles. The lowest BCUT2D eigenvalue weighted by Crippen LogP contribution is -2.42. The highest BCUT2D eigenvalue weighted by Crippen LogP contribution is 2.32. The molecule has 1 saturated carbocycles. The zero-order chi connectivity index (χ0) is 20.8. The fraction of sp³-hybridized carbons (Fsp3) is 0.476. The van der Waals surface area contributed by atoms with Gasteiger partial charge in [0.1, 0.15) is 0 Å². The van der Waals surface area contributed by atoms with Crippen LogP contribution in [-0.4, -0.2) is 57.5 Å². The maximum absolute atomic E-state index is 13.1. The molecule has 1 aliphatic heterocycles. The lowest BCUT2D eigenvalue weighted by molar-refractivity contribution is -0.122. The van der Waals surface area contributed by atoms with Crippen molar-refractivity contribution in [1.29, 1.82) is 0 Å². The smallest absolute Gasteiger partial charge is 0.290 e. The van der Waals surface area contributed by atoms with E-state index >= 15 is 0 Å². The van der Waals surface area contributed by atoms with Crippen LogP contribution in [0.25, 0.3) is 0 Å². The van der Waals surface area contributed by atoms with E-state index in [1.807, 2.05) is 36.5 Å². The fourth-order valence-corrected chi connectivity index (χ4v) is 3.85. The Bertz CT molecular complexity index is 837. The van der Waals surface area contributed by atoms with E-state index in [2.05, 4.69) is 5.10 Å². The number of carbonyl (C=O) groups is 2. The van der Waals surface area contributed by atoms with Crippen LogP contribution in [0.15, 0.2) is 36.7 Å². The van der Waals surface area contributed by atoms with Gasteiger partial charge in [-0.25, -0.2) is 0 Å². The van der Waals surface area contributed by atoms with Gasteiger partial charge in [0.2, 0.25) is 0 Å².